The standard InChI is InChI=1S/C23H44O3/c1-3-5-6-7-8-9-10-11-12-13-14-15-16-17-19-25-21-23-26-22-20-24-18-4-2/h2H,3,5-23H2,1H3. The first-order valence-electron chi connectivity index (χ1n) is 11.1. The van der Waals surface area contributed by atoms with E-state index < -0.39 is 0 Å². The number of hydrogen-bond acceptors (Lipinski definition) is 3. The van der Waals surface area contributed by atoms with Crippen LogP contribution in [-0.2, 0) is 14.2 Å². The average molecular weight is 369 g/mol. The van der Waals surface area contributed by atoms with Crippen molar-refractivity contribution in [3.05, 3.63) is 0 Å². The molecule has 0 amide bonds. The molecule has 0 radical (unpaired) electrons. The third-order valence-electron chi connectivity index (χ3n) is 4.57. The van der Waals surface area contributed by atoms with Crippen LogP contribution in [0.25, 0.3) is 0 Å². The van der Waals surface area contributed by atoms with Crippen molar-refractivity contribution >= 4 is 0 Å². The molecule has 0 aromatic rings. The van der Waals surface area contributed by atoms with Gasteiger partial charge in [0.15, 0.2) is 0 Å². The van der Waals surface area contributed by atoms with Gasteiger partial charge in [-0.05, 0) is 6.42 Å². The van der Waals surface area contributed by atoms with Crippen molar-refractivity contribution in [2.45, 2.75) is 96.8 Å². The largest absolute Gasteiger partial charge is 0.379 e. The monoisotopic (exact) mass is 368 g/mol. The topological polar surface area (TPSA) is 27.7 Å². The minimum Gasteiger partial charge on any atom is -0.379 e. The van der Waals surface area contributed by atoms with Crippen LogP contribution in [-0.4, -0.2) is 39.6 Å². The molecular formula is C23H44O3. The van der Waals surface area contributed by atoms with Gasteiger partial charge in [0.05, 0.1) is 26.4 Å². The van der Waals surface area contributed by atoms with Crippen LogP contribution < -0.4 is 0 Å². The number of rotatable bonds is 22. The number of terminal acetylenes is 1. The summed E-state index contributed by atoms with van der Waals surface area (Å²) in [6.45, 7) is 5.96. The zero-order chi connectivity index (χ0) is 19.0. The minimum absolute atomic E-state index is 0.360. The van der Waals surface area contributed by atoms with Crippen molar-refractivity contribution in [2.75, 3.05) is 39.6 Å². The van der Waals surface area contributed by atoms with E-state index in [-0.39, 0.29) is 0 Å². The molecule has 0 heterocycles. The van der Waals surface area contributed by atoms with Crippen LogP contribution in [0.1, 0.15) is 96.8 Å². The van der Waals surface area contributed by atoms with E-state index in [4.69, 9.17) is 20.6 Å². The number of ether oxygens (including phenoxy) is 3. The molecule has 0 rings (SSSR count). The van der Waals surface area contributed by atoms with Crippen LogP contribution in [0.2, 0.25) is 0 Å². The highest BCUT2D eigenvalue weighted by Crippen LogP contribution is 2.12. The molecule has 0 bridgehead atoms. The SMILES string of the molecule is C#CCOCCOCCOCCCCCCCCCCCCCCCC. The Balaban J connectivity index is 2.96. The van der Waals surface area contributed by atoms with Gasteiger partial charge in [0, 0.05) is 6.61 Å². The Morgan fingerprint density at radius 1 is 0.500 bits per heavy atom. The Hall–Kier alpha value is -0.560. The maximum atomic E-state index is 5.57. The highest BCUT2D eigenvalue weighted by Gasteiger charge is 1.95. The fourth-order valence-corrected chi connectivity index (χ4v) is 2.97. The van der Waals surface area contributed by atoms with Gasteiger partial charge in [0.1, 0.15) is 6.61 Å². The quantitative estimate of drug-likeness (QED) is 0.169. The van der Waals surface area contributed by atoms with Crippen molar-refractivity contribution < 1.29 is 14.2 Å². The lowest BCUT2D eigenvalue weighted by molar-refractivity contribution is 0.0195. The van der Waals surface area contributed by atoms with Crippen LogP contribution in [0.15, 0.2) is 0 Å². The Labute approximate surface area is 163 Å². The van der Waals surface area contributed by atoms with E-state index in [2.05, 4.69) is 12.8 Å². The second-order valence-corrected chi connectivity index (χ2v) is 7.08. The van der Waals surface area contributed by atoms with E-state index >= 15 is 0 Å². The fraction of sp³-hybridized carbons (Fsp3) is 0.913. The zero-order valence-corrected chi connectivity index (χ0v) is 17.4. The molecule has 0 unspecified atom stereocenters. The lowest BCUT2D eigenvalue weighted by atomic mass is 10.0. The van der Waals surface area contributed by atoms with Crippen LogP contribution in [0.4, 0.5) is 0 Å². The molecule has 0 N–H and O–H groups in total. The number of hydrogen-bond donors (Lipinski definition) is 0. The second kappa shape index (κ2) is 24.4. The van der Waals surface area contributed by atoms with E-state index in [1.807, 2.05) is 0 Å². The van der Waals surface area contributed by atoms with Crippen molar-refractivity contribution in [1.82, 2.24) is 0 Å². The minimum atomic E-state index is 0.360. The Kier molecular flexibility index (Phi) is 23.9. The van der Waals surface area contributed by atoms with Crippen molar-refractivity contribution in [3.8, 4) is 12.3 Å². The van der Waals surface area contributed by atoms with Gasteiger partial charge in [-0.2, -0.15) is 0 Å². The lowest BCUT2D eigenvalue weighted by Gasteiger charge is -2.06. The second-order valence-electron chi connectivity index (χ2n) is 7.08. The van der Waals surface area contributed by atoms with Crippen molar-refractivity contribution in [3.63, 3.8) is 0 Å². The van der Waals surface area contributed by atoms with E-state index in [1.54, 1.807) is 0 Å². The summed E-state index contributed by atoms with van der Waals surface area (Å²) in [5, 5.41) is 0. The molecule has 154 valence electrons. The summed E-state index contributed by atoms with van der Waals surface area (Å²) in [6.07, 6.45) is 24.5. The van der Waals surface area contributed by atoms with Gasteiger partial charge in [-0.3, -0.25) is 0 Å². The molecule has 0 aliphatic carbocycles. The molecule has 0 aromatic carbocycles. The van der Waals surface area contributed by atoms with Crippen LogP contribution in [0, 0.1) is 12.3 Å². The maximum Gasteiger partial charge on any atom is 0.107 e. The van der Waals surface area contributed by atoms with Gasteiger partial charge in [-0.25, -0.2) is 0 Å². The normalized spacial score (nSPS) is 10.9. The molecule has 0 aliphatic rings. The van der Waals surface area contributed by atoms with Gasteiger partial charge in [0.2, 0.25) is 0 Å². The first kappa shape index (κ1) is 25.4. The predicted octanol–water partition coefficient (Wildman–Crippen LogP) is 6.15. The van der Waals surface area contributed by atoms with Gasteiger partial charge < -0.3 is 14.2 Å². The lowest BCUT2D eigenvalue weighted by Crippen LogP contribution is -2.09. The van der Waals surface area contributed by atoms with Gasteiger partial charge >= 0.3 is 0 Å². The molecule has 3 heteroatoms. The highest BCUT2D eigenvalue weighted by atomic mass is 16.5. The molecule has 0 fully saturated rings. The third kappa shape index (κ3) is 23.4. The summed E-state index contributed by atoms with van der Waals surface area (Å²) < 4.78 is 16.1. The van der Waals surface area contributed by atoms with Gasteiger partial charge in [-0.15, -0.1) is 6.42 Å². The molecule has 0 aromatic heterocycles. The molecule has 3 nitrogen and oxygen atoms in total. The Morgan fingerprint density at radius 3 is 1.35 bits per heavy atom. The maximum absolute atomic E-state index is 5.57. The van der Waals surface area contributed by atoms with Crippen molar-refractivity contribution in [2.24, 2.45) is 0 Å². The summed E-state index contributed by atoms with van der Waals surface area (Å²) in [5.41, 5.74) is 0. The molecule has 26 heavy (non-hydrogen) atoms. The smallest absolute Gasteiger partial charge is 0.107 e. The summed E-state index contributed by atoms with van der Waals surface area (Å²) in [5.74, 6) is 2.43. The molecule has 0 aliphatic heterocycles. The zero-order valence-electron chi connectivity index (χ0n) is 17.4. The highest BCUT2D eigenvalue weighted by molar-refractivity contribution is 4.82. The third-order valence-corrected chi connectivity index (χ3v) is 4.57. The summed E-state index contributed by atoms with van der Waals surface area (Å²) in [7, 11) is 0. The Morgan fingerprint density at radius 2 is 0.885 bits per heavy atom. The molecule has 0 saturated heterocycles. The predicted molar refractivity (Wildman–Crippen MR) is 112 cm³/mol. The molecule has 0 saturated carbocycles. The molecule has 0 spiro atoms. The fourth-order valence-electron chi connectivity index (χ4n) is 2.97. The van der Waals surface area contributed by atoms with E-state index in [0.29, 0.717) is 33.0 Å². The first-order chi connectivity index (χ1) is 12.9. The van der Waals surface area contributed by atoms with E-state index in [9.17, 15) is 0 Å². The van der Waals surface area contributed by atoms with Crippen LogP contribution in [0.3, 0.4) is 0 Å². The average Bonchev–Trinajstić information content (AvgIpc) is 2.66. The van der Waals surface area contributed by atoms with Crippen LogP contribution >= 0.6 is 0 Å². The van der Waals surface area contributed by atoms with Crippen molar-refractivity contribution in [1.29, 1.82) is 0 Å². The Bertz CT molecular complexity index is 286. The first-order valence-corrected chi connectivity index (χ1v) is 11.1. The van der Waals surface area contributed by atoms with Crippen LogP contribution in [0.5, 0.6) is 0 Å². The van der Waals surface area contributed by atoms with E-state index in [1.165, 1.54) is 89.9 Å². The summed E-state index contributed by atoms with van der Waals surface area (Å²) in [6, 6.07) is 0. The van der Waals surface area contributed by atoms with Gasteiger partial charge in [-0.1, -0.05) is 96.3 Å². The van der Waals surface area contributed by atoms with Gasteiger partial charge in [0.25, 0.3) is 0 Å². The number of unbranched alkanes of at least 4 members (excludes halogenated alkanes) is 13. The molecule has 0 atom stereocenters. The summed E-state index contributed by atoms with van der Waals surface area (Å²) >= 11 is 0. The van der Waals surface area contributed by atoms with E-state index in [0.717, 1.165) is 6.61 Å². The molecular weight excluding hydrogens is 324 g/mol. The summed E-state index contributed by atoms with van der Waals surface area (Å²) in [4.78, 5) is 0.